The predicted octanol–water partition coefficient (Wildman–Crippen LogP) is 2.41. The fourth-order valence-corrected chi connectivity index (χ4v) is 3.58. The third-order valence-corrected chi connectivity index (χ3v) is 4.99. The maximum Gasteiger partial charge on any atom is 0.280 e. The molecule has 0 saturated heterocycles. The van der Waals surface area contributed by atoms with Crippen LogP contribution in [0.5, 0.6) is 0 Å². The molecule has 3 rings (SSSR count). The van der Waals surface area contributed by atoms with Gasteiger partial charge < -0.3 is 20.4 Å². The van der Waals surface area contributed by atoms with Gasteiger partial charge in [0.05, 0.1) is 12.6 Å². The Morgan fingerprint density at radius 1 is 1.19 bits per heavy atom. The summed E-state index contributed by atoms with van der Waals surface area (Å²) in [6, 6.07) is 12.8. The Balaban J connectivity index is 1.57. The van der Waals surface area contributed by atoms with E-state index < -0.39 is 5.91 Å². The van der Waals surface area contributed by atoms with E-state index in [1.165, 1.54) is 11.3 Å². The molecule has 0 bridgehead atoms. The number of anilines is 1. The minimum absolute atomic E-state index is 0.193. The lowest BCUT2D eigenvalue weighted by molar-refractivity contribution is -0.886. The van der Waals surface area contributed by atoms with Crippen molar-refractivity contribution in [1.29, 1.82) is 0 Å². The summed E-state index contributed by atoms with van der Waals surface area (Å²) in [5.74, 6) is 0.780. The minimum atomic E-state index is -0.558. The molecule has 3 aromatic rings. The summed E-state index contributed by atoms with van der Waals surface area (Å²) in [6.07, 6.45) is 0. The molecule has 0 aliphatic rings. The van der Waals surface area contributed by atoms with E-state index in [1.54, 1.807) is 11.4 Å². The van der Waals surface area contributed by atoms with Crippen molar-refractivity contribution in [2.45, 2.75) is 6.54 Å². The SMILES string of the molecule is C[NH+](CC(=O)Nc1sccc1C(N)=O)Cc1ccc(-c2ccc(Cl)cc2)o1. The van der Waals surface area contributed by atoms with E-state index >= 15 is 0 Å². The lowest BCUT2D eigenvalue weighted by Gasteiger charge is -2.12. The van der Waals surface area contributed by atoms with Gasteiger partial charge in [0, 0.05) is 10.6 Å². The second kappa shape index (κ2) is 8.39. The van der Waals surface area contributed by atoms with Crippen LogP contribution < -0.4 is 16.0 Å². The Morgan fingerprint density at radius 3 is 2.63 bits per heavy atom. The first-order valence-electron chi connectivity index (χ1n) is 8.25. The number of furan rings is 1. The number of hydrogen-bond acceptors (Lipinski definition) is 4. The molecular formula is C19H19ClN3O3S+. The van der Waals surface area contributed by atoms with Gasteiger partial charge in [0.2, 0.25) is 0 Å². The van der Waals surface area contributed by atoms with Gasteiger partial charge >= 0.3 is 0 Å². The second-order valence-electron chi connectivity index (χ2n) is 6.16. The van der Waals surface area contributed by atoms with Gasteiger partial charge in [0.25, 0.3) is 11.8 Å². The predicted molar refractivity (Wildman–Crippen MR) is 106 cm³/mol. The number of quaternary nitrogens is 1. The second-order valence-corrected chi connectivity index (χ2v) is 7.51. The molecule has 8 heteroatoms. The molecule has 0 spiro atoms. The summed E-state index contributed by atoms with van der Waals surface area (Å²) < 4.78 is 5.86. The van der Waals surface area contributed by atoms with E-state index in [0.717, 1.165) is 22.0 Å². The van der Waals surface area contributed by atoms with Crippen LogP contribution in [0.2, 0.25) is 5.02 Å². The van der Waals surface area contributed by atoms with Crippen LogP contribution in [0.1, 0.15) is 16.1 Å². The van der Waals surface area contributed by atoms with Crippen LogP contribution in [0.4, 0.5) is 5.00 Å². The number of carbonyl (C=O) groups excluding carboxylic acids is 2. The molecule has 140 valence electrons. The van der Waals surface area contributed by atoms with Crippen molar-refractivity contribution < 1.29 is 18.9 Å². The molecule has 0 saturated carbocycles. The van der Waals surface area contributed by atoms with E-state index in [1.807, 2.05) is 43.4 Å². The van der Waals surface area contributed by atoms with Crippen molar-refractivity contribution in [1.82, 2.24) is 0 Å². The Bertz CT molecular complexity index is 949. The zero-order valence-corrected chi connectivity index (χ0v) is 16.2. The number of nitrogens with one attached hydrogen (secondary N) is 2. The fourth-order valence-electron chi connectivity index (χ4n) is 2.65. The average molecular weight is 405 g/mol. The minimum Gasteiger partial charge on any atom is -0.455 e. The molecule has 0 aliphatic carbocycles. The Morgan fingerprint density at radius 2 is 1.93 bits per heavy atom. The molecule has 2 aromatic heterocycles. The van der Waals surface area contributed by atoms with Crippen molar-refractivity contribution in [2.75, 3.05) is 18.9 Å². The first-order chi connectivity index (χ1) is 12.9. The summed E-state index contributed by atoms with van der Waals surface area (Å²) in [5.41, 5.74) is 6.55. The number of rotatable bonds is 7. The van der Waals surface area contributed by atoms with Gasteiger partial charge in [-0.2, -0.15) is 0 Å². The molecule has 1 atom stereocenters. The molecule has 1 unspecified atom stereocenters. The summed E-state index contributed by atoms with van der Waals surface area (Å²) in [6.45, 7) is 0.779. The fraction of sp³-hybridized carbons (Fsp3) is 0.158. The number of thiophene rings is 1. The van der Waals surface area contributed by atoms with Gasteiger partial charge in [0.15, 0.2) is 12.3 Å². The van der Waals surface area contributed by atoms with E-state index in [2.05, 4.69) is 5.32 Å². The molecular weight excluding hydrogens is 386 g/mol. The van der Waals surface area contributed by atoms with E-state index in [0.29, 0.717) is 22.1 Å². The molecule has 27 heavy (non-hydrogen) atoms. The lowest BCUT2D eigenvalue weighted by Crippen LogP contribution is -3.08. The maximum absolute atomic E-state index is 12.2. The highest BCUT2D eigenvalue weighted by Gasteiger charge is 2.17. The Labute approximate surface area is 165 Å². The van der Waals surface area contributed by atoms with Gasteiger partial charge in [-0.1, -0.05) is 11.6 Å². The largest absolute Gasteiger partial charge is 0.455 e. The lowest BCUT2D eigenvalue weighted by atomic mass is 10.2. The number of nitrogens with two attached hydrogens (primary N) is 1. The normalized spacial score (nSPS) is 11.9. The van der Waals surface area contributed by atoms with Crippen LogP contribution in [0.3, 0.4) is 0 Å². The smallest absolute Gasteiger partial charge is 0.280 e. The van der Waals surface area contributed by atoms with Crippen LogP contribution in [0.15, 0.2) is 52.3 Å². The monoisotopic (exact) mass is 404 g/mol. The van der Waals surface area contributed by atoms with Crippen LogP contribution in [-0.2, 0) is 11.3 Å². The quantitative estimate of drug-likeness (QED) is 0.565. The maximum atomic E-state index is 12.2. The topological polar surface area (TPSA) is 89.8 Å². The van der Waals surface area contributed by atoms with Gasteiger partial charge in [0.1, 0.15) is 17.3 Å². The molecule has 4 N–H and O–H groups in total. The van der Waals surface area contributed by atoms with Crippen molar-refractivity contribution >= 4 is 39.8 Å². The molecule has 2 heterocycles. The van der Waals surface area contributed by atoms with Crippen LogP contribution in [0, 0.1) is 0 Å². The standard InChI is InChI=1S/C19H18ClN3O3S/c1-23(11-17(24)22-19-15(18(21)25)8-9-27-19)10-14-6-7-16(26-14)12-2-4-13(20)5-3-12/h2-9H,10-11H2,1H3,(H2,21,25)(H,22,24)/p+1. The van der Waals surface area contributed by atoms with Gasteiger partial charge in [-0.3, -0.25) is 9.59 Å². The van der Waals surface area contributed by atoms with E-state index in [-0.39, 0.29) is 12.5 Å². The highest BCUT2D eigenvalue weighted by atomic mass is 35.5. The van der Waals surface area contributed by atoms with Crippen molar-refractivity contribution in [2.24, 2.45) is 5.73 Å². The van der Waals surface area contributed by atoms with Gasteiger partial charge in [-0.05, 0) is 47.8 Å². The van der Waals surface area contributed by atoms with E-state index in [4.69, 9.17) is 21.8 Å². The molecule has 1 aromatic carbocycles. The highest BCUT2D eigenvalue weighted by Crippen LogP contribution is 2.24. The van der Waals surface area contributed by atoms with Crippen LogP contribution >= 0.6 is 22.9 Å². The Hall–Kier alpha value is -2.61. The number of primary amides is 1. The average Bonchev–Trinajstić information content (AvgIpc) is 3.25. The highest BCUT2D eigenvalue weighted by molar-refractivity contribution is 7.14. The van der Waals surface area contributed by atoms with Crippen molar-refractivity contribution in [3.05, 3.63) is 64.2 Å². The zero-order valence-electron chi connectivity index (χ0n) is 14.6. The number of halogens is 1. The van der Waals surface area contributed by atoms with Crippen LogP contribution in [-0.4, -0.2) is 25.4 Å². The molecule has 0 radical (unpaired) electrons. The summed E-state index contributed by atoms with van der Waals surface area (Å²) >= 11 is 7.17. The zero-order chi connectivity index (χ0) is 19.4. The number of likely N-dealkylation sites (N-methyl/N-ethyl adjacent to an activating group) is 1. The molecule has 0 aliphatic heterocycles. The molecule has 0 fully saturated rings. The third-order valence-electron chi connectivity index (χ3n) is 3.91. The van der Waals surface area contributed by atoms with Gasteiger partial charge in [-0.25, -0.2) is 0 Å². The number of hydrogen-bond donors (Lipinski definition) is 3. The van der Waals surface area contributed by atoms with E-state index in [9.17, 15) is 9.59 Å². The first-order valence-corrected chi connectivity index (χ1v) is 9.51. The number of carbonyl (C=O) groups is 2. The molecule has 6 nitrogen and oxygen atoms in total. The summed E-state index contributed by atoms with van der Waals surface area (Å²) in [4.78, 5) is 24.5. The van der Waals surface area contributed by atoms with Crippen LogP contribution in [0.25, 0.3) is 11.3 Å². The van der Waals surface area contributed by atoms with Gasteiger partial charge in [-0.15, -0.1) is 11.3 Å². The first kappa shape index (κ1) is 19.2. The Kier molecular flexibility index (Phi) is 5.95. The van der Waals surface area contributed by atoms with Crippen molar-refractivity contribution in [3.63, 3.8) is 0 Å². The molecule has 2 amide bonds. The number of amides is 2. The summed E-state index contributed by atoms with van der Waals surface area (Å²) in [7, 11) is 1.90. The third kappa shape index (κ3) is 4.97. The number of benzene rings is 1. The van der Waals surface area contributed by atoms with Crippen molar-refractivity contribution in [3.8, 4) is 11.3 Å². The summed E-state index contributed by atoms with van der Waals surface area (Å²) in [5, 5.41) is 5.60.